The van der Waals surface area contributed by atoms with Gasteiger partial charge < -0.3 is 19.4 Å². The molecule has 31 heavy (non-hydrogen) atoms. The topological polar surface area (TPSA) is 79.8 Å². The van der Waals surface area contributed by atoms with E-state index in [4.69, 9.17) is 9.47 Å². The largest absolute Gasteiger partial charge is 0.444 e. The number of rotatable bonds is 4. The van der Waals surface area contributed by atoms with Crippen LogP contribution in [-0.2, 0) is 16.5 Å². The molecule has 2 aromatic rings. The fourth-order valence-corrected chi connectivity index (χ4v) is 4.91. The third kappa shape index (κ3) is 4.36. The molecule has 1 aromatic heterocycles. The number of para-hydroxylation sites is 1. The Morgan fingerprint density at radius 2 is 1.87 bits per heavy atom. The van der Waals surface area contributed by atoms with Gasteiger partial charge in [-0.05, 0) is 51.2 Å². The minimum atomic E-state index is -0.471. The Balaban J connectivity index is 1.37. The zero-order valence-electron chi connectivity index (χ0n) is 19.2. The second kappa shape index (κ2) is 7.98. The molecule has 4 rings (SSSR count). The first-order valence-electron chi connectivity index (χ1n) is 11.0. The summed E-state index contributed by atoms with van der Waals surface area (Å²) in [6.45, 7) is 9.50. The molecule has 8 heteroatoms. The Kier molecular flexibility index (Phi) is 5.64. The number of ether oxygens (including phenoxy) is 2. The molecule has 1 aliphatic carbocycles. The highest BCUT2D eigenvalue weighted by Gasteiger charge is 2.47. The summed E-state index contributed by atoms with van der Waals surface area (Å²) in [5, 5.41) is 0. The molecule has 0 spiro atoms. The summed E-state index contributed by atoms with van der Waals surface area (Å²) in [5.41, 5.74) is 2.35. The molecule has 1 saturated heterocycles. The van der Waals surface area contributed by atoms with E-state index in [2.05, 4.69) is 16.0 Å². The van der Waals surface area contributed by atoms with E-state index in [-0.39, 0.29) is 17.4 Å². The van der Waals surface area contributed by atoms with Crippen molar-refractivity contribution in [3.8, 4) is 0 Å². The maximum Gasteiger partial charge on any atom is 0.410 e. The number of hydrogen-bond acceptors (Lipinski definition) is 5. The van der Waals surface area contributed by atoms with Gasteiger partial charge in [-0.25, -0.2) is 9.59 Å². The molecule has 2 fully saturated rings. The lowest BCUT2D eigenvalue weighted by atomic mass is 9.67. The van der Waals surface area contributed by atoms with E-state index in [0.717, 1.165) is 43.5 Å². The van der Waals surface area contributed by atoms with Crippen LogP contribution in [0.5, 0.6) is 0 Å². The van der Waals surface area contributed by atoms with Crippen molar-refractivity contribution in [2.24, 2.45) is 7.05 Å². The summed E-state index contributed by atoms with van der Waals surface area (Å²) >= 11 is 0. The molecule has 0 unspecified atom stereocenters. The van der Waals surface area contributed by atoms with Crippen LogP contribution in [0.2, 0.25) is 0 Å². The SMILES string of the molecule is COC1(CN2CCN(C(=O)OC(C)(C)C)CC2)CC(c2cccc3[nH]c(=O)n(C)c23)C1. The van der Waals surface area contributed by atoms with Crippen LogP contribution >= 0.6 is 0 Å². The van der Waals surface area contributed by atoms with Crippen LogP contribution in [-0.4, -0.2) is 76.5 Å². The summed E-state index contributed by atoms with van der Waals surface area (Å²) in [7, 11) is 3.61. The van der Waals surface area contributed by atoms with Crippen molar-refractivity contribution in [1.29, 1.82) is 0 Å². The summed E-state index contributed by atoms with van der Waals surface area (Å²) in [5.74, 6) is 0.369. The van der Waals surface area contributed by atoms with Gasteiger partial charge in [0.25, 0.3) is 0 Å². The maximum absolute atomic E-state index is 12.3. The van der Waals surface area contributed by atoms with E-state index in [0.29, 0.717) is 19.0 Å². The molecule has 1 amide bonds. The van der Waals surface area contributed by atoms with E-state index in [1.54, 1.807) is 16.6 Å². The van der Waals surface area contributed by atoms with Crippen LogP contribution in [0.15, 0.2) is 23.0 Å². The van der Waals surface area contributed by atoms with Crippen molar-refractivity contribution in [2.75, 3.05) is 39.8 Å². The van der Waals surface area contributed by atoms with Crippen molar-refractivity contribution in [1.82, 2.24) is 19.4 Å². The fraction of sp³-hybridized carbons (Fsp3) is 0.652. The zero-order valence-corrected chi connectivity index (χ0v) is 19.2. The maximum atomic E-state index is 12.3. The Bertz CT molecular complexity index is 1000. The predicted octanol–water partition coefficient (Wildman–Crippen LogP) is 2.68. The van der Waals surface area contributed by atoms with Gasteiger partial charge in [-0.3, -0.25) is 9.47 Å². The van der Waals surface area contributed by atoms with Crippen LogP contribution in [0, 0.1) is 0 Å². The third-order valence-corrected chi connectivity index (χ3v) is 6.59. The number of H-pyrrole nitrogens is 1. The third-order valence-electron chi connectivity index (χ3n) is 6.59. The number of carbonyl (C=O) groups is 1. The molecule has 1 N–H and O–H groups in total. The van der Waals surface area contributed by atoms with E-state index >= 15 is 0 Å². The summed E-state index contributed by atoms with van der Waals surface area (Å²) in [4.78, 5) is 31.5. The second-order valence-corrected chi connectivity index (χ2v) is 9.97. The standard InChI is InChI=1S/C23H34N4O4/c1-22(2,3)31-21(29)27-11-9-26(10-12-27)15-23(30-5)13-16(14-23)17-7-6-8-18-19(17)25(4)20(28)24-18/h6-8,16H,9-15H2,1-5H3,(H,24,28). The number of aromatic nitrogens is 2. The number of benzene rings is 1. The molecule has 170 valence electrons. The van der Waals surface area contributed by atoms with Crippen molar-refractivity contribution >= 4 is 17.1 Å². The second-order valence-electron chi connectivity index (χ2n) is 9.97. The van der Waals surface area contributed by atoms with Crippen molar-refractivity contribution in [3.63, 3.8) is 0 Å². The monoisotopic (exact) mass is 430 g/mol. The number of carbonyl (C=O) groups excluding carboxylic acids is 1. The number of methoxy groups -OCH3 is 1. The van der Waals surface area contributed by atoms with Gasteiger partial charge in [0.2, 0.25) is 0 Å². The van der Waals surface area contributed by atoms with Gasteiger partial charge in [0, 0.05) is 46.9 Å². The number of aromatic amines is 1. The number of amides is 1. The normalized spacial score (nSPS) is 24.9. The molecule has 0 radical (unpaired) electrons. The highest BCUT2D eigenvalue weighted by Crippen LogP contribution is 2.48. The van der Waals surface area contributed by atoms with Crippen molar-refractivity contribution in [2.45, 2.75) is 50.7 Å². The van der Waals surface area contributed by atoms with Gasteiger partial charge >= 0.3 is 11.8 Å². The Hall–Kier alpha value is -2.32. The average Bonchev–Trinajstić information content (AvgIpc) is 2.98. The highest BCUT2D eigenvalue weighted by molar-refractivity contribution is 5.79. The van der Waals surface area contributed by atoms with Crippen LogP contribution < -0.4 is 5.69 Å². The molecule has 0 atom stereocenters. The number of nitrogens with one attached hydrogen (secondary N) is 1. The summed E-state index contributed by atoms with van der Waals surface area (Å²) < 4.78 is 13.2. The lowest BCUT2D eigenvalue weighted by Crippen LogP contribution is -2.57. The molecule has 8 nitrogen and oxygen atoms in total. The lowest BCUT2D eigenvalue weighted by Gasteiger charge is -2.50. The van der Waals surface area contributed by atoms with E-state index in [9.17, 15) is 9.59 Å². The van der Waals surface area contributed by atoms with Gasteiger partial charge in [0.15, 0.2) is 0 Å². The highest BCUT2D eigenvalue weighted by atomic mass is 16.6. The van der Waals surface area contributed by atoms with Gasteiger partial charge in [0.05, 0.1) is 16.6 Å². The van der Waals surface area contributed by atoms with E-state index in [1.807, 2.05) is 40.0 Å². The molecule has 2 heterocycles. The Morgan fingerprint density at radius 3 is 2.48 bits per heavy atom. The van der Waals surface area contributed by atoms with Crippen molar-refractivity contribution < 1.29 is 14.3 Å². The molecule has 1 saturated carbocycles. The minimum absolute atomic E-state index is 0.0809. The summed E-state index contributed by atoms with van der Waals surface area (Å²) in [6, 6.07) is 6.09. The van der Waals surface area contributed by atoms with Gasteiger partial charge in [0.1, 0.15) is 5.60 Å². The molecule has 0 bridgehead atoms. The van der Waals surface area contributed by atoms with Crippen LogP contribution in [0.25, 0.3) is 11.0 Å². The number of aryl methyl sites for hydroxylation is 1. The average molecular weight is 431 g/mol. The predicted molar refractivity (Wildman–Crippen MR) is 120 cm³/mol. The fourth-order valence-electron chi connectivity index (χ4n) is 4.91. The number of fused-ring (bicyclic) bond motifs is 1. The summed E-state index contributed by atoms with van der Waals surface area (Å²) in [6.07, 6.45) is 1.62. The number of hydrogen-bond donors (Lipinski definition) is 1. The molecule has 1 aliphatic heterocycles. The van der Waals surface area contributed by atoms with Crippen LogP contribution in [0.4, 0.5) is 4.79 Å². The van der Waals surface area contributed by atoms with Gasteiger partial charge in [-0.1, -0.05) is 12.1 Å². The van der Waals surface area contributed by atoms with Gasteiger partial charge in [-0.2, -0.15) is 0 Å². The molecule has 2 aliphatic rings. The first-order chi connectivity index (χ1) is 14.6. The number of piperazine rings is 1. The Labute approximate surface area is 183 Å². The Morgan fingerprint density at radius 1 is 1.19 bits per heavy atom. The smallest absolute Gasteiger partial charge is 0.410 e. The van der Waals surface area contributed by atoms with Crippen molar-refractivity contribution in [3.05, 3.63) is 34.2 Å². The van der Waals surface area contributed by atoms with Crippen LogP contribution in [0.1, 0.15) is 45.1 Å². The number of nitrogens with zero attached hydrogens (tertiary/aromatic N) is 3. The lowest BCUT2D eigenvalue weighted by molar-refractivity contribution is -0.107. The van der Waals surface area contributed by atoms with Crippen LogP contribution in [0.3, 0.4) is 0 Å². The van der Waals surface area contributed by atoms with Gasteiger partial charge in [-0.15, -0.1) is 0 Å². The first-order valence-corrected chi connectivity index (χ1v) is 11.0. The molecular weight excluding hydrogens is 396 g/mol. The molecule has 1 aromatic carbocycles. The minimum Gasteiger partial charge on any atom is -0.444 e. The number of imidazole rings is 1. The molecular formula is C23H34N4O4. The quantitative estimate of drug-likeness (QED) is 0.807. The first kappa shape index (κ1) is 21.9. The van der Waals surface area contributed by atoms with E-state index in [1.165, 1.54) is 5.56 Å². The zero-order chi connectivity index (χ0) is 22.4. The van der Waals surface area contributed by atoms with E-state index < -0.39 is 5.60 Å².